The van der Waals surface area contributed by atoms with Crippen molar-refractivity contribution in [1.29, 1.82) is 0 Å². The SMILES string of the molecule is O=S(=O)(NCC#CCN1CCc2ccccc2C1)c1cccc2cccnc12. The van der Waals surface area contributed by atoms with Crippen LogP contribution in [0.15, 0.2) is 65.7 Å². The van der Waals surface area contributed by atoms with Gasteiger partial charge >= 0.3 is 0 Å². The van der Waals surface area contributed by atoms with Crippen molar-refractivity contribution in [1.82, 2.24) is 14.6 Å². The first-order chi connectivity index (χ1) is 13.6. The molecule has 3 aromatic rings. The van der Waals surface area contributed by atoms with Crippen LogP contribution in [0, 0.1) is 11.8 Å². The fourth-order valence-corrected chi connectivity index (χ4v) is 4.52. The van der Waals surface area contributed by atoms with E-state index in [9.17, 15) is 8.42 Å². The molecule has 0 saturated carbocycles. The van der Waals surface area contributed by atoms with E-state index in [1.165, 1.54) is 11.1 Å². The Balaban J connectivity index is 1.37. The monoisotopic (exact) mass is 391 g/mol. The van der Waals surface area contributed by atoms with E-state index in [1.54, 1.807) is 24.4 Å². The van der Waals surface area contributed by atoms with Crippen LogP contribution in [0.4, 0.5) is 0 Å². The highest BCUT2D eigenvalue weighted by molar-refractivity contribution is 7.89. The standard InChI is InChI=1S/C22H21N3O2S/c26-28(27,21-11-5-9-19-10-6-13-23-22(19)21)24-14-3-4-15-25-16-12-18-7-1-2-8-20(18)17-25/h1-2,5-11,13,24H,12,14-17H2. The summed E-state index contributed by atoms with van der Waals surface area (Å²) >= 11 is 0. The Hall–Kier alpha value is -2.72. The molecule has 1 N–H and O–H groups in total. The van der Waals surface area contributed by atoms with Gasteiger partial charge in [0.25, 0.3) is 0 Å². The van der Waals surface area contributed by atoms with Crippen molar-refractivity contribution in [2.75, 3.05) is 19.6 Å². The molecular formula is C22H21N3O2S. The van der Waals surface area contributed by atoms with Gasteiger partial charge in [0.2, 0.25) is 10.0 Å². The summed E-state index contributed by atoms with van der Waals surface area (Å²) in [5, 5.41) is 0.793. The molecule has 0 aliphatic carbocycles. The van der Waals surface area contributed by atoms with Gasteiger partial charge in [0, 0.05) is 24.7 Å². The Kier molecular flexibility index (Phi) is 5.40. The fraction of sp³-hybridized carbons (Fsp3) is 0.227. The molecule has 1 aromatic heterocycles. The summed E-state index contributed by atoms with van der Waals surface area (Å²) in [6, 6.07) is 17.2. The Labute approximate surface area is 165 Å². The first-order valence-corrected chi connectivity index (χ1v) is 10.7. The molecule has 0 spiro atoms. The van der Waals surface area contributed by atoms with Gasteiger partial charge in [0.1, 0.15) is 4.90 Å². The number of para-hydroxylation sites is 1. The van der Waals surface area contributed by atoms with Crippen LogP contribution in [0.3, 0.4) is 0 Å². The quantitative estimate of drug-likeness (QED) is 0.695. The van der Waals surface area contributed by atoms with Gasteiger partial charge in [-0.1, -0.05) is 54.3 Å². The Morgan fingerprint density at radius 1 is 1.00 bits per heavy atom. The predicted molar refractivity (Wildman–Crippen MR) is 110 cm³/mol. The van der Waals surface area contributed by atoms with Gasteiger partial charge < -0.3 is 0 Å². The number of fused-ring (bicyclic) bond motifs is 2. The Bertz CT molecular complexity index is 1160. The second-order valence-corrected chi connectivity index (χ2v) is 8.47. The number of nitrogens with one attached hydrogen (secondary N) is 1. The maximum atomic E-state index is 12.6. The zero-order valence-electron chi connectivity index (χ0n) is 15.4. The molecule has 1 aliphatic heterocycles. The zero-order chi connectivity index (χ0) is 19.4. The molecule has 0 atom stereocenters. The topological polar surface area (TPSA) is 62.3 Å². The van der Waals surface area contributed by atoms with Gasteiger partial charge in [0.15, 0.2) is 0 Å². The molecule has 1 aliphatic rings. The van der Waals surface area contributed by atoms with Crippen LogP contribution in [0.2, 0.25) is 0 Å². The van der Waals surface area contributed by atoms with Gasteiger partial charge in [-0.05, 0) is 29.7 Å². The minimum atomic E-state index is -3.66. The molecule has 0 saturated heterocycles. The number of benzene rings is 2. The number of hydrogen-bond acceptors (Lipinski definition) is 4. The lowest BCUT2D eigenvalue weighted by Gasteiger charge is -2.26. The maximum Gasteiger partial charge on any atom is 0.243 e. The van der Waals surface area contributed by atoms with Crippen LogP contribution in [0.5, 0.6) is 0 Å². The van der Waals surface area contributed by atoms with Crippen LogP contribution in [-0.4, -0.2) is 37.9 Å². The Morgan fingerprint density at radius 2 is 1.82 bits per heavy atom. The molecular weight excluding hydrogens is 370 g/mol. The highest BCUT2D eigenvalue weighted by Crippen LogP contribution is 2.20. The summed E-state index contributed by atoms with van der Waals surface area (Å²) in [5.41, 5.74) is 3.22. The number of rotatable bonds is 4. The normalized spacial score (nSPS) is 14.3. The van der Waals surface area contributed by atoms with Crippen LogP contribution < -0.4 is 4.72 Å². The van der Waals surface area contributed by atoms with E-state index in [4.69, 9.17) is 0 Å². The van der Waals surface area contributed by atoms with E-state index in [2.05, 4.69) is 50.7 Å². The lowest BCUT2D eigenvalue weighted by Crippen LogP contribution is -2.31. The molecule has 6 heteroatoms. The highest BCUT2D eigenvalue weighted by Gasteiger charge is 2.17. The summed E-state index contributed by atoms with van der Waals surface area (Å²) in [4.78, 5) is 6.67. The fourth-order valence-electron chi connectivity index (χ4n) is 3.42. The molecule has 2 aromatic carbocycles. The molecule has 0 unspecified atom stereocenters. The second-order valence-electron chi connectivity index (χ2n) is 6.74. The first kappa shape index (κ1) is 18.6. The van der Waals surface area contributed by atoms with E-state index < -0.39 is 10.0 Å². The van der Waals surface area contributed by atoms with Crippen LogP contribution in [0.1, 0.15) is 11.1 Å². The predicted octanol–water partition coefficient (Wildman–Crippen LogP) is 2.57. The molecule has 0 fully saturated rings. The lowest BCUT2D eigenvalue weighted by atomic mass is 10.0. The summed E-state index contributed by atoms with van der Waals surface area (Å²) in [5.74, 6) is 6.01. The summed E-state index contributed by atoms with van der Waals surface area (Å²) in [6.45, 7) is 2.57. The van der Waals surface area contributed by atoms with Gasteiger partial charge in [-0.15, -0.1) is 0 Å². The van der Waals surface area contributed by atoms with E-state index in [0.29, 0.717) is 12.1 Å². The molecule has 28 heavy (non-hydrogen) atoms. The van der Waals surface area contributed by atoms with E-state index in [0.717, 1.165) is 24.9 Å². The number of aromatic nitrogens is 1. The van der Waals surface area contributed by atoms with Crippen molar-refractivity contribution in [2.45, 2.75) is 17.9 Å². The summed E-state index contributed by atoms with van der Waals surface area (Å²) < 4.78 is 27.8. The third kappa shape index (κ3) is 4.07. The average molecular weight is 391 g/mol. The largest absolute Gasteiger partial charge is 0.288 e. The first-order valence-electron chi connectivity index (χ1n) is 9.22. The van der Waals surface area contributed by atoms with Crippen molar-refractivity contribution in [3.05, 3.63) is 71.9 Å². The number of nitrogens with zero attached hydrogens (tertiary/aromatic N) is 2. The van der Waals surface area contributed by atoms with Crippen molar-refractivity contribution >= 4 is 20.9 Å². The molecule has 0 amide bonds. The minimum absolute atomic E-state index is 0.0793. The van der Waals surface area contributed by atoms with Crippen molar-refractivity contribution in [2.24, 2.45) is 0 Å². The molecule has 0 bridgehead atoms. The molecule has 4 rings (SSSR count). The number of pyridine rings is 1. The second kappa shape index (κ2) is 8.11. The summed E-state index contributed by atoms with van der Waals surface area (Å²) in [6.07, 6.45) is 2.62. The molecule has 2 heterocycles. The number of sulfonamides is 1. The average Bonchev–Trinajstić information content (AvgIpc) is 2.73. The van der Waals surface area contributed by atoms with Gasteiger partial charge in [-0.3, -0.25) is 9.88 Å². The molecule has 5 nitrogen and oxygen atoms in total. The van der Waals surface area contributed by atoms with E-state index in [1.807, 2.05) is 12.1 Å². The van der Waals surface area contributed by atoms with E-state index >= 15 is 0 Å². The van der Waals surface area contributed by atoms with Gasteiger partial charge in [-0.2, -0.15) is 4.72 Å². The maximum absolute atomic E-state index is 12.6. The third-order valence-corrected chi connectivity index (χ3v) is 6.31. The smallest absolute Gasteiger partial charge is 0.243 e. The molecule has 0 radical (unpaired) electrons. The number of hydrogen-bond donors (Lipinski definition) is 1. The Morgan fingerprint density at radius 3 is 2.71 bits per heavy atom. The molecule has 142 valence electrons. The van der Waals surface area contributed by atoms with Crippen LogP contribution in [0.25, 0.3) is 10.9 Å². The lowest BCUT2D eigenvalue weighted by molar-refractivity contribution is 0.286. The van der Waals surface area contributed by atoms with Gasteiger partial charge in [0.05, 0.1) is 18.6 Å². The van der Waals surface area contributed by atoms with Gasteiger partial charge in [-0.25, -0.2) is 8.42 Å². The van der Waals surface area contributed by atoms with Crippen molar-refractivity contribution in [3.8, 4) is 11.8 Å². The third-order valence-electron chi connectivity index (χ3n) is 4.87. The van der Waals surface area contributed by atoms with Crippen molar-refractivity contribution in [3.63, 3.8) is 0 Å². The van der Waals surface area contributed by atoms with E-state index in [-0.39, 0.29) is 11.4 Å². The zero-order valence-corrected chi connectivity index (χ0v) is 16.2. The van der Waals surface area contributed by atoms with Crippen LogP contribution in [-0.2, 0) is 23.0 Å². The van der Waals surface area contributed by atoms with Crippen LogP contribution >= 0.6 is 0 Å². The van der Waals surface area contributed by atoms with Crippen molar-refractivity contribution < 1.29 is 8.42 Å². The highest BCUT2D eigenvalue weighted by atomic mass is 32.2. The minimum Gasteiger partial charge on any atom is -0.288 e. The summed E-state index contributed by atoms with van der Waals surface area (Å²) in [7, 11) is -3.66.